The van der Waals surface area contributed by atoms with Crippen LogP contribution in [0.15, 0.2) is 24.3 Å². The average Bonchev–Trinajstić information content (AvgIpc) is 2.29. The summed E-state index contributed by atoms with van der Waals surface area (Å²) in [6.45, 7) is 3.75. The quantitative estimate of drug-likeness (QED) is 0.783. The van der Waals surface area contributed by atoms with Crippen molar-refractivity contribution in [2.75, 3.05) is 13.1 Å². The van der Waals surface area contributed by atoms with E-state index < -0.39 is 0 Å². The molecule has 1 amide bonds. The predicted molar refractivity (Wildman–Crippen MR) is 64.1 cm³/mol. The van der Waals surface area contributed by atoms with Crippen LogP contribution in [0.4, 0.5) is 0 Å². The van der Waals surface area contributed by atoms with Gasteiger partial charge in [0.25, 0.3) is 0 Å². The van der Waals surface area contributed by atoms with Crippen molar-refractivity contribution in [3.8, 4) is 0 Å². The summed E-state index contributed by atoms with van der Waals surface area (Å²) in [5.74, 6) is 0.190. The van der Waals surface area contributed by atoms with E-state index in [2.05, 4.69) is 36.5 Å². The third-order valence-electron chi connectivity index (χ3n) is 3.27. The molecule has 1 aliphatic heterocycles. The van der Waals surface area contributed by atoms with Gasteiger partial charge in [0.05, 0.1) is 5.92 Å². The Morgan fingerprint density at radius 3 is 2.94 bits per heavy atom. The van der Waals surface area contributed by atoms with Crippen LogP contribution in [0.5, 0.6) is 0 Å². The van der Waals surface area contributed by atoms with Crippen molar-refractivity contribution in [1.29, 1.82) is 0 Å². The summed E-state index contributed by atoms with van der Waals surface area (Å²) in [6, 6.07) is 8.47. The van der Waals surface area contributed by atoms with Gasteiger partial charge in [0.15, 0.2) is 0 Å². The Balaban J connectivity index is 2.12. The van der Waals surface area contributed by atoms with Crippen LogP contribution in [0.3, 0.4) is 0 Å². The molecule has 0 saturated carbocycles. The lowest BCUT2D eigenvalue weighted by Gasteiger charge is -2.28. The summed E-state index contributed by atoms with van der Waals surface area (Å²) >= 11 is 0. The molecule has 3 heteroatoms. The molecule has 1 heterocycles. The van der Waals surface area contributed by atoms with Crippen molar-refractivity contribution in [2.24, 2.45) is 11.7 Å². The zero-order valence-electron chi connectivity index (χ0n) is 9.57. The molecule has 16 heavy (non-hydrogen) atoms. The summed E-state index contributed by atoms with van der Waals surface area (Å²) in [7, 11) is 0. The Kier molecular flexibility index (Phi) is 3.25. The molecule has 1 aromatic rings. The number of rotatable bonds is 2. The number of hydrogen-bond acceptors (Lipinski definition) is 2. The van der Waals surface area contributed by atoms with E-state index in [1.165, 1.54) is 11.1 Å². The lowest BCUT2D eigenvalue weighted by Crippen LogP contribution is -2.41. The molecular formula is C13H18N2O. The summed E-state index contributed by atoms with van der Waals surface area (Å²) in [5, 5.41) is 3.28. The first-order valence-corrected chi connectivity index (χ1v) is 5.73. The zero-order valence-corrected chi connectivity index (χ0v) is 9.57. The number of benzene rings is 1. The zero-order chi connectivity index (χ0) is 11.5. The number of carbonyl (C=O) groups excluding carboxylic acids is 1. The van der Waals surface area contributed by atoms with E-state index >= 15 is 0 Å². The summed E-state index contributed by atoms with van der Waals surface area (Å²) < 4.78 is 0. The molecule has 0 spiro atoms. The van der Waals surface area contributed by atoms with Crippen LogP contribution >= 0.6 is 0 Å². The molecule has 2 atom stereocenters. The first kappa shape index (κ1) is 11.1. The van der Waals surface area contributed by atoms with E-state index in [4.69, 9.17) is 5.73 Å². The molecule has 0 radical (unpaired) electrons. The molecule has 2 unspecified atom stereocenters. The van der Waals surface area contributed by atoms with Gasteiger partial charge < -0.3 is 11.1 Å². The van der Waals surface area contributed by atoms with Crippen LogP contribution in [0.25, 0.3) is 0 Å². The number of carbonyl (C=O) groups is 1. The van der Waals surface area contributed by atoms with Crippen LogP contribution < -0.4 is 11.1 Å². The third kappa shape index (κ3) is 2.42. The lowest BCUT2D eigenvalue weighted by molar-refractivity contribution is -0.122. The van der Waals surface area contributed by atoms with Crippen LogP contribution in [-0.4, -0.2) is 19.0 Å². The van der Waals surface area contributed by atoms with Gasteiger partial charge in [0.2, 0.25) is 5.91 Å². The van der Waals surface area contributed by atoms with Gasteiger partial charge in [-0.2, -0.15) is 0 Å². The summed E-state index contributed by atoms with van der Waals surface area (Å²) in [5.41, 5.74) is 7.93. The van der Waals surface area contributed by atoms with E-state index in [9.17, 15) is 4.79 Å². The Bertz CT molecular complexity index is 389. The topological polar surface area (TPSA) is 55.1 Å². The SMILES string of the molecule is Cc1cccc(C2CNCC(C(N)=O)C2)c1. The smallest absolute Gasteiger partial charge is 0.221 e. The second-order valence-corrected chi connectivity index (χ2v) is 4.60. The molecule has 1 aromatic carbocycles. The van der Waals surface area contributed by atoms with Gasteiger partial charge in [0.1, 0.15) is 0 Å². The highest BCUT2D eigenvalue weighted by Crippen LogP contribution is 2.26. The van der Waals surface area contributed by atoms with Crippen molar-refractivity contribution in [2.45, 2.75) is 19.3 Å². The monoisotopic (exact) mass is 218 g/mol. The van der Waals surface area contributed by atoms with E-state index in [1.54, 1.807) is 0 Å². The molecule has 3 nitrogen and oxygen atoms in total. The van der Waals surface area contributed by atoms with Gasteiger partial charge in [-0.15, -0.1) is 0 Å². The Morgan fingerprint density at radius 2 is 2.25 bits per heavy atom. The van der Waals surface area contributed by atoms with Crippen molar-refractivity contribution >= 4 is 5.91 Å². The van der Waals surface area contributed by atoms with Gasteiger partial charge in [0, 0.05) is 13.1 Å². The lowest BCUT2D eigenvalue weighted by atomic mass is 9.85. The fourth-order valence-electron chi connectivity index (χ4n) is 2.34. The number of primary amides is 1. The van der Waals surface area contributed by atoms with E-state index in [0.29, 0.717) is 5.92 Å². The average molecular weight is 218 g/mol. The molecular weight excluding hydrogens is 200 g/mol. The maximum absolute atomic E-state index is 11.2. The first-order valence-electron chi connectivity index (χ1n) is 5.73. The number of piperidine rings is 1. The summed E-state index contributed by atoms with van der Waals surface area (Å²) in [4.78, 5) is 11.2. The Morgan fingerprint density at radius 1 is 1.44 bits per heavy atom. The number of hydrogen-bond donors (Lipinski definition) is 2. The number of aryl methyl sites for hydroxylation is 1. The molecule has 1 aliphatic rings. The largest absolute Gasteiger partial charge is 0.369 e. The maximum atomic E-state index is 11.2. The van der Waals surface area contributed by atoms with Crippen molar-refractivity contribution in [1.82, 2.24) is 5.32 Å². The standard InChI is InChI=1S/C13H18N2O/c1-9-3-2-4-10(5-9)11-6-12(13(14)16)8-15-7-11/h2-5,11-12,15H,6-8H2,1H3,(H2,14,16). The normalized spacial score (nSPS) is 25.3. The molecule has 0 aliphatic carbocycles. The highest BCUT2D eigenvalue weighted by molar-refractivity contribution is 5.77. The number of amides is 1. The first-order chi connectivity index (χ1) is 7.66. The second-order valence-electron chi connectivity index (χ2n) is 4.60. The molecule has 86 valence electrons. The fraction of sp³-hybridized carbons (Fsp3) is 0.462. The molecule has 3 N–H and O–H groups in total. The van der Waals surface area contributed by atoms with Crippen LogP contribution in [0, 0.1) is 12.8 Å². The van der Waals surface area contributed by atoms with Gasteiger partial charge in [-0.3, -0.25) is 4.79 Å². The minimum Gasteiger partial charge on any atom is -0.369 e. The Labute approximate surface area is 96.0 Å². The van der Waals surface area contributed by atoms with Gasteiger partial charge >= 0.3 is 0 Å². The minimum absolute atomic E-state index is 0.0285. The molecule has 1 fully saturated rings. The molecule has 1 saturated heterocycles. The third-order valence-corrected chi connectivity index (χ3v) is 3.27. The van der Waals surface area contributed by atoms with Crippen molar-refractivity contribution < 1.29 is 4.79 Å². The summed E-state index contributed by atoms with van der Waals surface area (Å²) in [6.07, 6.45) is 0.867. The molecule has 2 rings (SSSR count). The van der Waals surface area contributed by atoms with E-state index in [0.717, 1.165) is 19.5 Å². The highest BCUT2D eigenvalue weighted by Gasteiger charge is 2.26. The number of nitrogens with one attached hydrogen (secondary N) is 1. The van der Waals surface area contributed by atoms with Crippen molar-refractivity contribution in [3.05, 3.63) is 35.4 Å². The second kappa shape index (κ2) is 4.66. The van der Waals surface area contributed by atoms with Gasteiger partial charge in [-0.1, -0.05) is 29.8 Å². The van der Waals surface area contributed by atoms with Crippen LogP contribution in [-0.2, 0) is 4.79 Å². The minimum atomic E-state index is -0.190. The fourth-order valence-corrected chi connectivity index (χ4v) is 2.34. The van der Waals surface area contributed by atoms with Gasteiger partial charge in [-0.05, 0) is 24.8 Å². The van der Waals surface area contributed by atoms with Gasteiger partial charge in [-0.25, -0.2) is 0 Å². The molecule has 0 bridgehead atoms. The van der Waals surface area contributed by atoms with Crippen molar-refractivity contribution in [3.63, 3.8) is 0 Å². The molecule has 0 aromatic heterocycles. The van der Waals surface area contributed by atoms with Crippen LogP contribution in [0.2, 0.25) is 0 Å². The Hall–Kier alpha value is -1.35. The van der Waals surface area contributed by atoms with E-state index in [1.807, 2.05) is 0 Å². The van der Waals surface area contributed by atoms with E-state index in [-0.39, 0.29) is 11.8 Å². The highest BCUT2D eigenvalue weighted by atomic mass is 16.1. The maximum Gasteiger partial charge on any atom is 0.221 e. The number of nitrogens with two attached hydrogens (primary N) is 1. The van der Waals surface area contributed by atoms with Crippen LogP contribution in [0.1, 0.15) is 23.5 Å². The predicted octanol–water partition coefficient (Wildman–Crippen LogP) is 1.17.